The summed E-state index contributed by atoms with van der Waals surface area (Å²) in [5.74, 6) is 4.97. The third-order valence-corrected chi connectivity index (χ3v) is 1.33. The first-order chi connectivity index (χ1) is 5.33. The van der Waals surface area contributed by atoms with E-state index in [4.69, 9.17) is 5.84 Å². The molecule has 58 valence electrons. The van der Waals surface area contributed by atoms with Crippen molar-refractivity contribution < 1.29 is 0 Å². The number of aryl methyl sites for hydroxylation is 1. The molecule has 0 bridgehead atoms. The summed E-state index contributed by atoms with van der Waals surface area (Å²) < 4.78 is 0. The second-order valence-electron chi connectivity index (χ2n) is 2.30. The van der Waals surface area contributed by atoms with Crippen LogP contribution in [0.25, 0.3) is 0 Å². The van der Waals surface area contributed by atoms with Crippen LogP contribution in [0.5, 0.6) is 0 Å². The van der Waals surface area contributed by atoms with Crippen molar-refractivity contribution in [2.75, 3.05) is 0 Å². The summed E-state index contributed by atoms with van der Waals surface area (Å²) in [5.41, 5.74) is 4.46. The highest BCUT2D eigenvalue weighted by atomic mass is 15.5. The zero-order valence-electron chi connectivity index (χ0n) is 6.41. The summed E-state index contributed by atoms with van der Waals surface area (Å²) in [6.07, 6.45) is 1.67. The van der Waals surface area contributed by atoms with Gasteiger partial charge >= 0.3 is 0 Å². The van der Waals surface area contributed by atoms with Crippen molar-refractivity contribution in [3.05, 3.63) is 35.4 Å². The zero-order chi connectivity index (χ0) is 8.10. The van der Waals surface area contributed by atoms with Gasteiger partial charge in [0.1, 0.15) is 0 Å². The number of benzene rings is 1. The monoisotopic (exact) mass is 149 g/mol. The van der Waals surface area contributed by atoms with Gasteiger partial charge in [0, 0.05) is 0 Å². The molecule has 0 aliphatic carbocycles. The van der Waals surface area contributed by atoms with Gasteiger partial charge in [-0.3, -0.25) is 0 Å². The van der Waals surface area contributed by atoms with Crippen LogP contribution in [0, 0.1) is 6.92 Å². The van der Waals surface area contributed by atoms with Crippen LogP contribution in [0.1, 0.15) is 11.1 Å². The molecule has 0 spiro atoms. The molecule has 0 saturated heterocycles. The molecule has 3 heteroatoms. The molecule has 3 N–H and O–H groups in total. The third kappa shape index (κ3) is 2.39. The van der Waals surface area contributed by atoms with Crippen molar-refractivity contribution in [3.8, 4) is 0 Å². The Labute approximate surface area is 65.9 Å². The number of nitrogens with two attached hydrogens (primary N) is 1. The molecule has 1 aromatic carbocycles. The fourth-order valence-electron chi connectivity index (χ4n) is 0.862. The number of nitrogens with zero attached hydrogens (tertiary/aromatic N) is 1. The van der Waals surface area contributed by atoms with Gasteiger partial charge in [-0.1, -0.05) is 29.8 Å². The number of hydrogen-bond acceptors (Lipinski definition) is 3. The molecule has 0 atom stereocenters. The van der Waals surface area contributed by atoms with Crippen molar-refractivity contribution in [1.82, 2.24) is 5.53 Å². The molecule has 1 aromatic rings. The van der Waals surface area contributed by atoms with Crippen molar-refractivity contribution in [3.63, 3.8) is 0 Å². The van der Waals surface area contributed by atoms with Crippen molar-refractivity contribution in [2.45, 2.75) is 6.92 Å². The first-order valence-electron chi connectivity index (χ1n) is 3.38. The van der Waals surface area contributed by atoms with Crippen LogP contribution in [-0.4, -0.2) is 6.21 Å². The minimum Gasteiger partial charge on any atom is -0.246 e. The molecule has 0 amide bonds. The summed E-state index contributed by atoms with van der Waals surface area (Å²) in [4.78, 5) is 0. The van der Waals surface area contributed by atoms with Crippen LogP contribution in [-0.2, 0) is 0 Å². The fourth-order valence-corrected chi connectivity index (χ4v) is 0.862. The maximum atomic E-state index is 4.97. The van der Waals surface area contributed by atoms with Gasteiger partial charge < -0.3 is 0 Å². The Morgan fingerprint density at radius 2 is 2.36 bits per heavy atom. The van der Waals surface area contributed by atoms with Gasteiger partial charge in [0.2, 0.25) is 0 Å². The van der Waals surface area contributed by atoms with E-state index in [0.717, 1.165) is 5.56 Å². The molecule has 11 heavy (non-hydrogen) atoms. The van der Waals surface area contributed by atoms with E-state index >= 15 is 0 Å². The van der Waals surface area contributed by atoms with Gasteiger partial charge in [-0.15, -0.1) is 0 Å². The number of nitrogens with one attached hydrogen (secondary N) is 1. The van der Waals surface area contributed by atoms with Crippen molar-refractivity contribution >= 4 is 6.21 Å². The molecule has 0 saturated carbocycles. The number of hydrazine groups is 1. The Balaban J connectivity index is 2.79. The van der Waals surface area contributed by atoms with E-state index in [2.05, 4.69) is 10.6 Å². The Bertz CT molecular complexity index is 255. The first-order valence-corrected chi connectivity index (χ1v) is 3.38. The topological polar surface area (TPSA) is 50.4 Å². The lowest BCUT2D eigenvalue weighted by Crippen LogP contribution is -2.13. The van der Waals surface area contributed by atoms with E-state index in [1.807, 2.05) is 31.2 Å². The number of hydrogen-bond donors (Lipinski definition) is 2. The highest BCUT2D eigenvalue weighted by molar-refractivity contribution is 5.79. The minimum atomic E-state index is 1.04. The lowest BCUT2D eigenvalue weighted by molar-refractivity contribution is 0.811. The predicted molar refractivity (Wildman–Crippen MR) is 46.1 cm³/mol. The predicted octanol–water partition coefficient (Wildman–Crippen LogP) is 0.792. The molecule has 0 radical (unpaired) electrons. The zero-order valence-corrected chi connectivity index (χ0v) is 6.41. The lowest BCUT2D eigenvalue weighted by atomic mass is 10.2. The first kappa shape index (κ1) is 7.75. The van der Waals surface area contributed by atoms with Gasteiger partial charge in [-0.05, 0) is 12.5 Å². The Hall–Kier alpha value is -1.35. The van der Waals surface area contributed by atoms with Gasteiger partial charge in [0.25, 0.3) is 0 Å². The largest absolute Gasteiger partial charge is 0.246 e. The highest BCUT2D eigenvalue weighted by Crippen LogP contribution is 2.00. The van der Waals surface area contributed by atoms with Gasteiger partial charge in [0.15, 0.2) is 0 Å². The van der Waals surface area contributed by atoms with Crippen LogP contribution in [0.4, 0.5) is 0 Å². The molecule has 0 aliphatic heterocycles. The van der Waals surface area contributed by atoms with E-state index in [0.29, 0.717) is 0 Å². The summed E-state index contributed by atoms with van der Waals surface area (Å²) in [6.45, 7) is 2.03. The standard InChI is InChI=1S/C8H11N3/c1-7-3-2-4-8(5-7)6-10-11-9/h2-6,11H,9H2,1H3/b10-6+. The van der Waals surface area contributed by atoms with E-state index in [1.165, 1.54) is 5.56 Å². The summed E-state index contributed by atoms with van der Waals surface area (Å²) in [7, 11) is 0. The maximum Gasteiger partial charge on any atom is 0.0556 e. The summed E-state index contributed by atoms with van der Waals surface area (Å²) in [6, 6.07) is 8.01. The second-order valence-corrected chi connectivity index (χ2v) is 2.30. The van der Waals surface area contributed by atoms with Crippen LogP contribution < -0.4 is 11.4 Å². The van der Waals surface area contributed by atoms with E-state index < -0.39 is 0 Å². The SMILES string of the molecule is Cc1cccc(/C=N/NN)c1. The average molecular weight is 149 g/mol. The molecular weight excluding hydrogens is 138 g/mol. The van der Waals surface area contributed by atoms with Gasteiger partial charge in [-0.2, -0.15) is 5.10 Å². The molecule has 0 fully saturated rings. The molecule has 3 nitrogen and oxygen atoms in total. The Morgan fingerprint density at radius 1 is 1.55 bits per heavy atom. The molecular formula is C8H11N3. The van der Waals surface area contributed by atoms with Crippen LogP contribution in [0.3, 0.4) is 0 Å². The smallest absolute Gasteiger partial charge is 0.0556 e. The fraction of sp³-hybridized carbons (Fsp3) is 0.125. The summed E-state index contributed by atoms with van der Waals surface area (Å²) >= 11 is 0. The van der Waals surface area contributed by atoms with E-state index in [-0.39, 0.29) is 0 Å². The lowest BCUT2D eigenvalue weighted by Gasteiger charge is -1.93. The molecule has 0 unspecified atom stereocenters. The minimum absolute atomic E-state index is 1.04. The van der Waals surface area contributed by atoms with E-state index in [9.17, 15) is 0 Å². The molecule has 0 heterocycles. The van der Waals surface area contributed by atoms with Crippen molar-refractivity contribution in [2.24, 2.45) is 10.9 Å². The quantitative estimate of drug-likeness (QED) is 0.371. The van der Waals surface area contributed by atoms with Crippen LogP contribution in [0.2, 0.25) is 0 Å². The normalized spacial score (nSPS) is 10.4. The van der Waals surface area contributed by atoms with E-state index in [1.54, 1.807) is 6.21 Å². The van der Waals surface area contributed by atoms with Crippen LogP contribution in [0.15, 0.2) is 29.4 Å². The van der Waals surface area contributed by atoms with Gasteiger partial charge in [-0.25, -0.2) is 11.4 Å². The summed E-state index contributed by atoms with van der Waals surface area (Å²) in [5, 5.41) is 3.69. The second kappa shape index (κ2) is 3.73. The Kier molecular flexibility index (Phi) is 2.63. The van der Waals surface area contributed by atoms with Crippen molar-refractivity contribution in [1.29, 1.82) is 0 Å². The van der Waals surface area contributed by atoms with Gasteiger partial charge in [0.05, 0.1) is 6.21 Å². The Morgan fingerprint density at radius 3 is 3.00 bits per heavy atom. The third-order valence-electron chi connectivity index (χ3n) is 1.33. The average Bonchev–Trinajstić information content (AvgIpc) is 2.01. The molecule has 0 aromatic heterocycles. The van der Waals surface area contributed by atoms with Crippen LogP contribution >= 0.6 is 0 Å². The maximum absolute atomic E-state index is 4.97. The highest BCUT2D eigenvalue weighted by Gasteiger charge is 1.86. The molecule has 1 rings (SSSR count). The number of hydrazone groups is 1. The molecule has 0 aliphatic rings. The number of rotatable bonds is 2.